The van der Waals surface area contributed by atoms with Crippen LogP contribution in [0.4, 0.5) is 5.69 Å². The number of carboxylic acids is 1. The Kier molecular flexibility index (Phi) is 2.39. The molecule has 0 radical (unpaired) electrons. The van der Waals surface area contributed by atoms with Gasteiger partial charge in [-0.2, -0.15) is 0 Å². The van der Waals surface area contributed by atoms with E-state index >= 15 is 0 Å². The van der Waals surface area contributed by atoms with Gasteiger partial charge in [0.25, 0.3) is 0 Å². The van der Waals surface area contributed by atoms with E-state index in [1.807, 2.05) is 0 Å². The normalized spacial score (nSPS) is 12.4. The Morgan fingerprint density at radius 1 is 1.46 bits per heavy atom. The maximum atomic E-state index is 10.5. The molecule has 0 aliphatic heterocycles. The predicted octanol–water partition coefficient (Wildman–Crippen LogP) is 0.0588. The number of aliphatic carboxylic acids is 1. The first-order valence-corrected chi connectivity index (χ1v) is 3.59. The smallest absolute Gasteiger partial charge is 0.325 e. The third-order valence-corrected chi connectivity index (χ3v) is 1.68. The molecule has 6 N–H and O–H groups in total. The summed E-state index contributed by atoms with van der Waals surface area (Å²) in [6.07, 6.45) is 0. The number of phenolic OH excluding ortho intramolecular Hbond substituents is 1. The van der Waals surface area contributed by atoms with E-state index in [0.717, 1.165) is 0 Å². The van der Waals surface area contributed by atoms with Crippen molar-refractivity contribution in [3.05, 3.63) is 23.8 Å². The summed E-state index contributed by atoms with van der Waals surface area (Å²) in [5, 5.41) is 17.6. The minimum atomic E-state index is -1.13. The van der Waals surface area contributed by atoms with Gasteiger partial charge in [-0.15, -0.1) is 0 Å². The Balaban J connectivity index is 3.03. The average molecular weight is 182 g/mol. The van der Waals surface area contributed by atoms with Crippen molar-refractivity contribution in [2.45, 2.75) is 6.04 Å². The van der Waals surface area contributed by atoms with Crippen LogP contribution in [-0.2, 0) is 4.79 Å². The van der Waals surface area contributed by atoms with Crippen LogP contribution >= 0.6 is 0 Å². The maximum absolute atomic E-state index is 10.5. The van der Waals surface area contributed by atoms with Crippen molar-refractivity contribution in [3.8, 4) is 5.75 Å². The number of rotatable bonds is 2. The zero-order valence-electron chi connectivity index (χ0n) is 6.77. The average Bonchev–Trinajstić information content (AvgIpc) is 2.08. The molecule has 0 aliphatic rings. The molecule has 5 nitrogen and oxygen atoms in total. The lowest BCUT2D eigenvalue weighted by Gasteiger charge is -2.07. The molecule has 0 spiro atoms. The molecule has 0 bridgehead atoms. The quantitative estimate of drug-likeness (QED) is 0.382. The number of nitrogens with two attached hydrogens (primary N) is 2. The van der Waals surface area contributed by atoms with Crippen molar-refractivity contribution in [1.82, 2.24) is 0 Å². The third kappa shape index (κ3) is 1.88. The Bertz CT molecular complexity index is 338. The van der Waals surface area contributed by atoms with E-state index in [0.29, 0.717) is 5.56 Å². The summed E-state index contributed by atoms with van der Waals surface area (Å²) in [6.45, 7) is 0. The number of nitrogen functional groups attached to an aromatic ring is 1. The molecular weight excluding hydrogens is 172 g/mol. The highest BCUT2D eigenvalue weighted by atomic mass is 16.4. The number of phenols is 1. The molecule has 1 rings (SSSR count). The van der Waals surface area contributed by atoms with Crippen molar-refractivity contribution in [3.63, 3.8) is 0 Å². The highest BCUT2D eigenvalue weighted by Crippen LogP contribution is 2.23. The molecule has 1 atom stereocenters. The lowest BCUT2D eigenvalue weighted by atomic mass is 10.1. The monoisotopic (exact) mass is 182 g/mol. The fourth-order valence-corrected chi connectivity index (χ4v) is 0.909. The Morgan fingerprint density at radius 2 is 2.08 bits per heavy atom. The van der Waals surface area contributed by atoms with Crippen molar-refractivity contribution in [2.24, 2.45) is 5.73 Å². The second kappa shape index (κ2) is 3.32. The lowest BCUT2D eigenvalue weighted by Crippen LogP contribution is -2.20. The number of anilines is 1. The molecule has 70 valence electrons. The largest absolute Gasteiger partial charge is 0.506 e. The van der Waals surface area contributed by atoms with Crippen LogP contribution in [0.3, 0.4) is 0 Å². The van der Waals surface area contributed by atoms with Crippen LogP contribution in [0.2, 0.25) is 0 Å². The van der Waals surface area contributed by atoms with Gasteiger partial charge < -0.3 is 21.7 Å². The number of hydrogen-bond donors (Lipinski definition) is 4. The molecule has 1 aromatic carbocycles. The molecule has 0 amide bonds. The molecule has 0 unspecified atom stereocenters. The van der Waals surface area contributed by atoms with Gasteiger partial charge in [0.05, 0.1) is 5.69 Å². The molecule has 1 aromatic rings. The summed E-state index contributed by atoms with van der Waals surface area (Å²) in [6, 6.07) is 2.97. The van der Waals surface area contributed by atoms with Gasteiger partial charge >= 0.3 is 5.97 Å². The van der Waals surface area contributed by atoms with Gasteiger partial charge in [-0.3, -0.25) is 4.79 Å². The van der Waals surface area contributed by atoms with Crippen LogP contribution in [0, 0.1) is 0 Å². The van der Waals surface area contributed by atoms with Crippen LogP contribution in [0.1, 0.15) is 11.6 Å². The maximum Gasteiger partial charge on any atom is 0.325 e. The van der Waals surface area contributed by atoms with Gasteiger partial charge in [0.1, 0.15) is 11.8 Å². The van der Waals surface area contributed by atoms with E-state index in [1.165, 1.54) is 18.2 Å². The van der Waals surface area contributed by atoms with Gasteiger partial charge in [-0.1, -0.05) is 6.07 Å². The first kappa shape index (κ1) is 9.34. The number of hydrogen-bond acceptors (Lipinski definition) is 4. The SMILES string of the molecule is Nc1cc([C@@H](N)C(=O)O)ccc1O. The topological polar surface area (TPSA) is 110 Å². The highest BCUT2D eigenvalue weighted by molar-refractivity contribution is 5.76. The molecule has 5 heteroatoms. The number of aromatic hydroxyl groups is 1. The van der Waals surface area contributed by atoms with Crippen LogP contribution < -0.4 is 11.5 Å². The fraction of sp³-hybridized carbons (Fsp3) is 0.125. The molecule has 0 saturated carbocycles. The van der Waals surface area contributed by atoms with E-state index in [4.69, 9.17) is 21.7 Å². The van der Waals surface area contributed by atoms with Crippen molar-refractivity contribution in [1.29, 1.82) is 0 Å². The predicted molar refractivity (Wildman–Crippen MR) is 47.1 cm³/mol. The summed E-state index contributed by atoms with van der Waals surface area (Å²) in [5.74, 6) is -1.22. The molecule has 0 saturated heterocycles. The Labute approximate surface area is 74.6 Å². The van der Waals surface area contributed by atoms with Crippen LogP contribution in [-0.4, -0.2) is 16.2 Å². The number of carbonyl (C=O) groups is 1. The first-order chi connectivity index (χ1) is 6.02. The number of carboxylic acid groups (broad SMARTS) is 1. The zero-order valence-corrected chi connectivity index (χ0v) is 6.77. The molecule has 0 heterocycles. The first-order valence-electron chi connectivity index (χ1n) is 3.59. The van der Waals surface area contributed by atoms with Gasteiger partial charge in [0, 0.05) is 0 Å². The second-order valence-corrected chi connectivity index (χ2v) is 2.63. The van der Waals surface area contributed by atoms with Crippen LogP contribution in [0.15, 0.2) is 18.2 Å². The van der Waals surface area contributed by atoms with Gasteiger partial charge in [-0.25, -0.2) is 0 Å². The van der Waals surface area contributed by atoms with E-state index in [2.05, 4.69) is 0 Å². The fourth-order valence-electron chi connectivity index (χ4n) is 0.909. The van der Waals surface area contributed by atoms with Crippen molar-refractivity contribution < 1.29 is 15.0 Å². The van der Waals surface area contributed by atoms with Gasteiger partial charge in [0.2, 0.25) is 0 Å². The molecule has 0 fully saturated rings. The van der Waals surface area contributed by atoms with Gasteiger partial charge in [0.15, 0.2) is 0 Å². The summed E-state index contributed by atoms with van der Waals surface area (Å²) >= 11 is 0. The van der Waals surface area contributed by atoms with Crippen LogP contribution in [0.5, 0.6) is 5.75 Å². The highest BCUT2D eigenvalue weighted by Gasteiger charge is 2.14. The summed E-state index contributed by atoms with van der Waals surface area (Å²) in [4.78, 5) is 10.5. The standard InChI is InChI=1S/C8H10N2O3/c9-5-3-4(1-2-6(5)11)7(10)8(12)13/h1-3,7,11H,9-10H2,(H,12,13)/t7-/m1/s1. The third-order valence-electron chi connectivity index (χ3n) is 1.68. The summed E-state index contributed by atoms with van der Waals surface area (Å²) < 4.78 is 0. The molecular formula is C8H10N2O3. The van der Waals surface area contributed by atoms with Crippen molar-refractivity contribution in [2.75, 3.05) is 5.73 Å². The second-order valence-electron chi connectivity index (χ2n) is 2.63. The van der Waals surface area contributed by atoms with E-state index in [9.17, 15) is 4.79 Å². The minimum Gasteiger partial charge on any atom is -0.506 e. The van der Waals surface area contributed by atoms with Crippen molar-refractivity contribution >= 4 is 11.7 Å². The molecule has 13 heavy (non-hydrogen) atoms. The minimum absolute atomic E-state index is 0.0821. The Morgan fingerprint density at radius 3 is 2.54 bits per heavy atom. The zero-order chi connectivity index (χ0) is 10.0. The molecule has 0 aromatic heterocycles. The number of benzene rings is 1. The van der Waals surface area contributed by atoms with E-state index in [1.54, 1.807) is 0 Å². The van der Waals surface area contributed by atoms with Gasteiger partial charge in [-0.05, 0) is 17.7 Å². The molecule has 0 aliphatic carbocycles. The van der Waals surface area contributed by atoms with Crippen LogP contribution in [0.25, 0.3) is 0 Å². The lowest BCUT2D eigenvalue weighted by molar-refractivity contribution is -0.138. The Hall–Kier alpha value is -1.75. The summed E-state index contributed by atoms with van der Waals surface area (Å²) in [5.41, 5.74) is 11.2. The van der Waals surface area contributed by atoms with E-state index in [-0.39, 0.29) is 11.4 Å². The summed E-state index contributed by atoms with van der Waals surface area (Å²) in [7, 11) is 0. The van der Waals surface area contributed by atoms with E-state index < -0.39 is 12.0 Å².